The number of benzene rings is 2. The van der Waals surface area contributed by atoms with E-state index in [4.69, 9.17) is 0 Å². The van der Waals surface area contributed by atoms with E-state index in [1.165, 1.54) is 0 Å². The lowest BCUT2D eigenvalue weighted by molar-refractivity contribution is -0.141. The number of fused-ring (bicyclic) bond motifs is 2. The molecule has 2 aromatic rings. The maximum absolute atomic E-state index is 13.9. The van der Waals surface area contributed by atoms with Gasteiger partial charge < -0.3 is 20.9 Å². The lowest BCUT2D eigenvalue weighted by atomic mass is 9.85. The minimum Gasteiger partial charge on any atom is -0.347 e. The van der Waals surface area contributed by atoms with Gasteiger partial charge in [-0.1, -0.05) is 51.1 Å². The quantitative estimate of drug-likeness (QED) is 0.577. The highest BCUT2D eigenvalue weighted by molar-refractivity contribution is 6.08. The highest BCUT2D eigenvalue weighted by Gasteiger charge is 2.49. The topological polar surface area (TPSA) is 90.5 Å². The van der Waals surface area contributed by atoms with Crippen molar-refractivity contribution in [1.29, 1.82) is 0 Å². The molecule has 2 aliphatic rings. The summed E-state index contributed by atoms with van der Waals surface area (Å²) in [6, 6.07) is 10.7. The van der Waals surface area contributed by atoms with Crippen LogP contribution in [0.2, 0.25) is 0 Å². The fourth-order valence-electron chi connectivity index (χ4n) is 5.83. The van der Waals surface area contributed by atoms with Crippen molar-refractivity contribution >= 4 is 28.5 Å². The predicted molar refractivity (Wildman–Crippen MR) is 143 cm³/mol. The van der Waals surface area contributed by atoms with Crippen LogP contribution >= 0.6 is 0 Å². The van der Waals surface area contributed by atoms with Crippen molar-refractivity contribution in [2.75, 3.05) is 13.6 Å². The minimum absolute atomic E-state index is 0.0540. The second-order valence-electron chi connectivity index (χ2n) is 11.5. The third-order valence-electron chi connectivity index (χ3n) is 8.06. The molecule has 4 rings (SSSR count). The first kappa shape index (κ1) is 26.1. The van der Waals surface area contributed by atoms with E-state index in [1.807, 2.05) is 62.1 Å². The zero-order valence-electron chi connectivity index (χ0n) is 22.4. The second-order valence-corrected chi connectivity index (χ2v) is 11.5. The third-order valence-corrected chi connectivity index (χ3v) is 8.06. The van der Waals surface area contributed by atoms with Crippen molar-refractivity contribution < 1.29 is 14.4 Å². The Bertz CT molecular complexity index is 1150. The molecule has 0 bridgehead atoms. The first-order valence-electron chi connectivity index (χ1n) is 13.1. The SMILES string of the molecule is CN[C@@H](C)C(=O)N[C@H](C(=O)N1CC[C@H]2CCC(NC(=O)c3ccc(C)c4ccccc34)[C@H]21)C(C)(C)C. The van der Waals surface area contributed by atoms with Crippen LogP contribution in [0, 0.1) is 18.3 Å². The minimum atomic E-state index is -0.641. The van der Waals surface area contributed by atoms with E-state index in [-0.39, 0.29) is 29.8 Å². The summed E-state index contributed by atoms with van der Waals surface area (Å²) < 4.78 is 0. The smallest absolute Gasteiger partial charge is 0.252 e. The van der Waals surface area contributed by atoms with Gasteiger partial charge >= 0.3 is 0 Å². The van der Waals surface area contributed by atoms with Gasteiger partial charge in [-0.05, 0) is 73.9 Å². The number of carbonyl (C=O) groups is 3. The van der Waals surface area contributed by atoms with Gasteiger partial charge in [0.25, 0.3) is 5.91 Å². The predicted octanol–water partition coefficient (Wildman–Crippen LogP) is 3.40. The van der Waals surface area contributed by atoms with Gasteiger partial charge in [-0.2, -0.15) is 0 Å². The molecular formula is C29H40N4O3. The van der Waals surface area contributed by atoms with Crippen LogP contribution in [0.25, 0.3) is 10.8 Å². The molecule has 3 amide bonds. The van der Waals surface area contributed by atoms with Crippen molar-refractivity contribution in [3.8, 4) is 0 Å². The number of hydrogen-bond acceptors (Lipinski definition) is 4. The van der Waals surface area contributed by atoms with Crippen LogP contribution in [-0.4, -0.2) is 60.4 Å². The van der Waals surface area contributed by atoms with Gasteiger partial charge in [-0.15, -0.1) is 0 Å². The van der Waals surface area contributed by atoms with E-state index in [0.29, 0.717) is 18.0 Å². The van der Waals surface area contributed by atoms with Gasteiger partial charge in [-0.25, -0.2) is 0 Å². The van der Waals surface area contributed by atoms with Gasteiger partial charge in [0.2, 0.25) is 11.8 Å². The van der Waals surface area contributed by atoms with Gasteiger partial charge in [0, 0.05) is 18.2 Å². The van der Waals surface area contributed by atoms with Crippen LogP contribution in [0.5, 0.6) is 0 Å². The van der Waals surface area contributed by atoms with Crippen LogP contribution in [0.15, 0.2) is 36.4 Å². The van der Waals surface area contributed by atoms with Crippen LogP contribution < -0.4 is 16.0 Å². The molecule has 2 fully saturated rings. The van der Waals surface area contributed by atoms with Crippen molar-refractivity contribution in [3.63, 3.8) is 0 Å². The zero-order chi connectivity index (χ0) is 26.2. The molecule has 5 atom stereocenters. The van der Waals surface area contributed by atoms with Gasteiger partial charge in [-0.3, -0.25) is 14.4 Å². The van der Waals surface area contributed by atoms with E-state index in [2.05, 4.69) is 22.9 Å². The number of hydrogen-bond donors (Lipinski definition) is 3. The summed E-state index contributed by atoms with van der Waals surface area (Å²) in [6.07, 6.45) is 2.75. The van der Waals surface area contributed by atoms with E-state index in [9.17, 15) is 14.4 Å². The average Bonchev–Trinajstić information content (AvgIpc) is 3.44. The molecule has 36 heavy (non-hydrogen) atoms. The Labute approximate surface area is 214 Å². The summed E-state index contributed by atoms with van der Waals surface area (Å²) in [5.41, 5.74) is 1.35. The lowest BCUT2D eigenvalue weighted by Gasteiger charge is -2.38. The van der Waals surface area contributed by atoms with Crippen LogP contribution in [0.3, 0.4) is 0 Å². The van der Waals surface area contributed by atoms with Crippen molar-refractivity contribution in [3.05, 3.63) is 47.5 Å². The number of rotatable bonds is 6. The normalized spacial score (nSPS) is 23.3. The number of likely N-dealkylation sites (tertiary alicyclic amines) is 1. The largest absolute Gasteiger partial charge is 0.347 e. The van der Waals surface area contributed by atoms with Crippen LogP contribution in [0.1, 0.15) is 62.9 Å². The van der Waals surface area contributed by atoms with E-state index in [0.717, 1.165) is 35.6 Å². The van der Waals surface area contributed by atoms with Crippen LogP contribution in [-0.2, 0) is 9.59 Å². The molecule has 1 aliphatic heterocycles. The standard InChI is InChI=1S/C29H40N4O3/c1-17-11-13-22(21-10-8-7-9-20(17)21)27(35)31-23-14-12-19-15-16-33(24(19)23)28(36)25(29(3,4)5)32-26(34)18(2)30-6/h7-11,13,18-19,23-25,30H,12,14-16H2,1-6H3,(H,31,35)(H,32,34)/t18-,19+,23?,24-,25+/m0/s1. The maximum atomic E-state index is 13.9. The number of likely N-dealkylation sites (N-methyl/N-ethyl adjacent to an activating group) is 1. The molecule has 0 radical (unpaired) electrons. The summed E-state index contributed by atoms with van der Waals surface area (Å²) >= 11 is 0. The van der Waals surface area contributed by atoms with E-state index >= 15 is 0 Å². The molecule has 1 saturated heterocycles. The second kappa shape index (κ2) is 10.2. The summed E-state index contributed by atoms with van der Waals surface area (Å²) in [5.74, 6) is 0.0128. The molecule has 1 saturated carbocycles. The Hall–Kier alpha value is -2.93. The Morgan fingerprint density at radius 1 is 1.00 bits per heavy atom. The molecule has 7 nitrogen and oxygen atoms in total. The Morgan fingerprint density at radius 3 is 2.36 bits per heavy atom. The van der Waals surface area contributed by atoms with Crippen molar-refractivity contribution in [1.82, 2.24) is 20.9 Å². The summed E-state index contributed by atoms with van der Waals surface area (Å²) in [7, 11) is 1.73. The lowest BCUT2D eigenvalue weighted by Crippen LogP contribution is -2.60. The molecule has 3 N–H and O–H groups in total. The molecule has 1 aliphatic carbocycles. The summed E-state index contributed by atoms with van der Waals surface area (Å²) in [5, 5.41) is 11.2. The first-order valence-corrected chi connectivity index (χ1v) is 13.1. The van der Waals surface area contributed by atoms with Gasteiger partial charge in [0.15, 0.2) is 0 Å². The van der Waals surface area contributed by atoms with Crippen LogP contribution in [0.4, 0.5) is 0 Å². The molecule has 194 valence electrons. The van der Waals surface area contributed by atoms with Gasteiger partial charge in [0.1, 0.15) is 6.04 Å². The first-order chi connectivity index (χ1) is 17.0. The maximum Gasteiger partial charge on any atom is 0.252 e. The van der Waals surface area contributed by atoms with Crippen molar-refractivity contribution in [2.45, 2.75) is 78.0 Å². The highest BCUT2D eigenvalue weighted by atomic mass is 16.2. The molecule has 1 unspecified atom stereocenters. The number of carbonyl (C=O) groups excluding carboxylic acids is 3. The Morgan fingerprint density at radius 2 is 1.69 bits per heavy atom. The van der Waals surface area contributed by atoms with E-state index < -0.39 is 17.5 Å². The molecule has 0 spiro atoms. The van der Waals surface area contributed by atoms with Crippen molar-refractivity contribution in [2.24, 2.45) is 11.3 Å². The number of aryl methyl sites for hydroxylation is 1. The van der Waals surface area contributed by atoms with Gasteiger partial charge in [0.05, 0.1) is 12.1 Å². The fraction of sp³-hybridized carbons (Fsp3) is 0.552. The third kappa shape index (κ3) is 4.99. The average molecular weight is 493 g/mol. The number of nitrogens with zero attached hydrogens (tertiary/aromatic N) is 1. The molecule has 7 heteroatoms. The zero-order valence-corrected chi connectivity index (χ0v) is 22.4. The molecule has 0 aromatic heterocycles. The summed E-state index contributed by atoms with van der Waals surface area (Å²) in [6.45, 7) is 10.4. The summed E-state index contributed by atoms with van der Waals surface area (Å²) in [4.78, 5) is 41.9. The Kier molecular flexibility index (Phi) is 7.41. The molecule has 1 heterocycles. The Balaban J connectivity index is 1.55. The fourth-order valence-corrected chi connectivity index (χ4v) is 5.83. The highest BCUT2D eigenvalue weighted by Crippen LogP contribution is 2.39. The monoisotopic (exact) mass is 492 g/mol. The molecule has 2 aromatic carbocycles. The molecular weight excluding hydrogens is 452 g/mol. The van der Waals surface area contributed by atoms with E-state index in [1.54, 1.807) is 14.0 Å². The number of nitrogens with one attached hydrogen (secondary N) is 3. The number of amides is 3.